The first-order valence-electron chi connectivity index (χ1n) is 9.23. The van der Waals surface area contributed by atoms with Gasteiger partial charge in [-0.1, -0.05) is 18.6 Å². The van der Waals surface area contributed by atoms with Crippen molar-refractivity contribution in [3.8, 4) is 0 Å². The molecule has 144 valence electrons. The van der Waals surface area contributed by atoms with Gasteiger partial charge in [-0.05, 0) is 26.3 Å². The molecule has 0 aromatic carbocycles. The van der Waals surface area contributed by atoms with Crippen molar-refractivity contribution in [2.75, 3.05) is 31.1 Å². The normalized spacial score (nSPS) is 25.1. The molecule has 0 unspecified atom stereocenters. The van der Waals surface area contributed by atoms with E-state index in [1.807, 2.05) is 20.8 Å². The summed E-state index contributed by atoms with van der Waals surface area (Å²) in [5, 5.41) is 4.23. The van der Waals surface area contributed by atoms with Crippen LogP contribution in [0.3, 0.4) is 0 Å². The van der Waals surface area contributed by atoms with Crippen molar-refractivity contribution < 1.29 is 13.2 Å². The van der Waals surface area contributed by atoms with Crippen LogP contribution in [0.1, 0.15) is 37.7 Å². The highest BCUT2D eigenvalue weighted by Crippen LogP contribution is 2.28. The molecule has 2 aliphatic heterocycles. The Labute approximate surface area is 155 Å². The number of fused-ring (bicyclic) bond motifs is 1. The van der Waals surface area contributed by atoms with Crippen LogP contribution in [-0.4, -0.2) is 77.1 Å². The van der Waals surface area contributed by atoms with Gasteiger partial charge in [0.05, 0.1) is 17.5 Å². The summed E-state index contributed by atoms with van der Waals surface area (Å²) < 4.78 is 26.3. The van der Waals surface area contributed by atoms with E-state index in [2.05, 4.69) is 16.1 Å². The number of carbonyl (C=O) groups is 1. The van der Waals surface area contributed by atoms with Gasteiger partial charge in [0.25, 0.3) is 5.91 Å². The van der Waals surface area contributed by atoms with Gasteiger partial charge in [0.15, 0.2) is 9.84 Å². The van der Waals surface area contributed by atoms with Gasteiger partial charge < -0.3 is 4.90 Å². The zero-order valence-corrected chi connectivity index (χ0v) is 16.6. The maximum absolute atomic E-state index is 13.1. The molecule has 0 radical (unpaired) electrons. The first kappa shape index (κ1) is 19.1. The van der Waals surface area contributed by atoms with Crippen molar-refractivity contribution in [3.05, 3.63) is 29.6 Å². The molecule has 2 aliphatic rings. The first-order valence-corrected chi connectivity index (χ1v) is 11.0. The third kappa shape index (κ3) is 3.86. The van der Waals surface area contributed by atoms with Crippen molar-refractivity contribution >= 4 is 15.7 Å². The lowest BCUT2D eigenvalue weighted by atomic mass is 10.0. The number of sulfone groups is 1. The molecule has 7 nitrogen and oxygen atoms in total. The summed E-state index contributed by atoms with van der Waals surface area (Å²) >= 11 is 0. The minimum atomic E-state index is -3.13. The minimum Gasteiger partial charge on any atom is -0.330 e. The Balaban J connectivity index is 1.84. The van der Waals surface area contributed by atoms with E-state index in [0.29, 0.717) is 25.3 Å². The van der Waals surface area contributed by atoms with E-state index in [0.717, 1.165) is 13.0 Å². The van der Waals surface area contributed by atoms with Crippen LogP contribution in [0, 0.1) is 0 Å². The van der Waals surface area contributed by atoms with Gasteiger partial charge in [-0.25, -0.2) is 8.42 Å². The molecule has 2 saturated heterocycles. The second kappa shape index (κ2) is 7.52. The molecular formula is C18H28N4O3S. The first-order chi connectivity index (χ1) is 12.3. The highest BCUT2D eigenvalue weighted by atomic mass is 32.2. The predicted molar refractivity (Wildman–Crippen MR) is 101 cm³/mol. The third-order valence-corrected chi connectivity index (χ3v) is 6.86. The molecule has 1 aromatic heterocycles. The summed E-state index contributed by atoms with van der Waals surface area (Å²) in [6.45, 7) is 8.76. The van der Waals surface area contributed by atoms with E-state index in [4.69, 9.17) is 0 Å². The van der Waals surface area contributed by atoms with Crippen LogP contribution in [-0.2, 0) is 16.4 Å². The number of amides is 1. The summed E-state index contributed by atoms with van der Waals surface area (Å²) in [6.07, 6.45) is 4.64. The summed E-state index contributed by atoms with van der Waals surface area (Å²) in [5.74, 6) is 0.0769. The second-order valence-electron chi connectivity index (χ2n) is 7.43. The number of hydrogen-bond donors (Lipinski definition) is 0. The van der Waals surface area contributed by atoms with Crippen LogP contribution in [0.15, 0.2) is 23.9 Å². The Kier molecular flexibility index (Phi) is 5.53. The molecule has 2 atom stereocenters. The summed E-state index contributed by atoms with van der Waals surface area (Å²) in [5.41, 5.74) is 1.76. The van der Waals surface area contributed by atoms with Crippen LogP contribution < -0.4 is 0 Å². The fraction of sp³-hybridized carbons (Fsp3) is 0.667. The SMILES string of the molecule is CCCn1nccc1C(=O)N1CCN(CC=C(C)C)[C@@H]2CS(=O)(=O)C[C@@H]21. The maximum atomic E-state index is 13.1. The molecule has 0 saturated carbocycles. The smallest absolute Gasteiger partial charge is 0.272 e. The summed E-state index contributed by atoms with van der Waals surface area (Å²) in [4.78, 5) is 17.1. The van der Waals surface area contributed by atoms with Gasteiger partial charge in [-0.15, -0.1) is 0 Å². The van der Waals surface area contributed by atoms with E-state index in [1.54, 1.807) is 21.8 Å². The number of nitrogens with zero attached hydrogens (tertiary/aromatic N) is 4. The number of allylic oxidation sites excluding steroid dienone is 1. The third-order valence-electron chi connectivity index (χ3n) is 5.16. The molecule has 2 fully saturated rings. The van der Waals surface area contributed by atoms with E-state index < -0.39 is 9.84 Å². The monoisotopic (exact) mass is 380 g/mol. The van der Waals surface area contributed by atoms with Crippen LogP contribution in [0.4, 0.5) is 0 Å². The Hall–Kier alpha value is -1.67. The Bertz CT molecular complexity index is 795. The zero-order valence-electron chi connectivity index (χ0n) is 15.8. The van der Waals surface area contributed by atoms with Gasteiger partial charge in [-0.3, -0.25) is 14.4 Å². The van der Waals surface area contributed by atoms with E-state index in [9.17, 15) is 13.2 Å². The number of aryl methyl sites for hydroxylation is 1. The van der Waals surface area contributed by atoms with Gasteiger partial charge in [0.2, 0.25) is 0 Å². The van der Waals surface area contributed by atoms with Crippen molar-refractivity contribution in [1.29, 1.82) is 0 Å². The molecule has 3 rings (SSSR count). The standard InChI is InChI=1S/C18H28N4O3S/c1-4-8-22-15(5-7-19-22)18(23)21-11-10-20(9-6-14(2)3)16-12-26(24,25)13-17(16)21/h5-7,16-17H,4,8-13H2,1-3H3/t16-,17+/m1/s1. The average molecular weight is 381 g/mol. The Morgan fingerprint density at radius 2 is 2.00 bits per heavy atom. The molecule has 3 heterocycles. The van der Waals surface area contributed by atoms with Crippen molar-refractivity contribution in [2.24, 2.45) is 0 Å². The minimum absolute atomic E-state index is 0.0522. The second-order valence-corrected chi connectivity index (χ2v) is 9.58. The molecule has 0 spiro atoms. The number of rotatable bonds is 5. The van der Waals surface area contributed by atoms with Crippen LogP contribution >= 0.6 is 0 Å². The predicted octanol–water partition coefficient (Wildman–Crippen LogP) is 1.18. The zero-order chi connectivity index (χ0) is 18.9. The molecule has 8 heteroatoms. The fourth-order valence-electron chi connectivity index (χ4n) is 3.85. The van der Waals surface area contributed by atoms with Gasteiger partial charge in [0.1, 0.15) is 5.69 Å². The molecule has 26 heavy (non-hydrogen) atoms. The molecule has 1 aromatic rings. The van der Waals surface area contributed by atoms with Crippen molar-refractivity contribution in [2.45, 2.75) is 45.8 Å². The lowest BCUT2D eigenvalue weighted by Crippen LogP contribution is -2.60. The van der Waals surface area contributed by atoms with Crippen LogP contribution in [0.2, 0.25) is 0 Å². The molecule has 0 N–H and O–H groups in total. The van der Waals surface area contributed by atoms with E-state index in [1.165, 1.54) is 5.57 Å². The van der Waals surface area contributed by atoms with E-state index in [-0.39, 0.29) is 29.5 Å². The van der Waals surface area contributed by atoms with Crippen molar-refractivity contribution in [1.82, 2.24) is 19.6 Å². The molecular weight excluding hydrogens is 352 g/mol. The lowest BCUT2D eigenvalue weighted by Gasteiger charge is -2.43. The van der Waals surface area contributed by atoms with Crippen molar-refractivity contribution in [3.63, 3.8) is 0 Å². The molecule has 1 amide bonds. The number of piperazine rings is 1. The number of carbonyl (C=O) groups excluding carboxylic acids is 1. The number of aromatic nitrogens is 2. The highest BCUT2D eigenvalue weighted by molar-refractivity contribution is 7.91. The summed E-state index contributed by atoms with van der Waals surface area (Å²) in [6, 6.07) is 1.32. The fourth-order valence-corrected chi connectivity index (χ4v) is 5.87. The largest absolute Gasteiger partial charge is 0.330 e. The lowest BCUT2D eigenvalue weighted by molar-refractivity contribution is 0.0357. The molecule has 0 aliphatic carbocycles. The van der Waals surface area contributed by atoms with E-state index >= 15 is 0 Å². The average Bonchev–Trinajstić information content (AvgIpc) is 3.15. The molecule has 0 bridgehead atoms. The van der Waals surface area contributed by atoms with Gasteiger partial charge in [0, 0.05) is 38.4 Å². The Morgan fingerprint density at radius 1 is 1.27 bits per heavy atom. The summed E-state index contributed by atoms with van der Waals surface area (Å²) in [7, 11) is -3.13. The quantitative estimate of drug-likeness (QED) is 0.717. The van der Waals surface area contributed by atoms with Crippen LogP contribution in [0.25, 0.3) is 0 Å². The topological polar surface area (TPSA) is 75.5 Å². The Morgan fingerprint density at radius 3 is 2.69 bits per heavy atom. The number of hydrogen-bond acceptors (Lipinski definition) is 5. The van der Waals surface area contributed by atoms with Gasteiger partial charge >= 0.3 is 0 Å². The van der Waals surface area contributed by atoms with Gasteiger partial charge in [-0.2, -0.15) is 5.10 Å². The maximum Gasteiger partial charge on any atom is 0.272 e. The highest BCUT2D eigenvalue weighted by Gasteiger charge is 2.48. The van der Waals surface area contributed by atoms with Crippen LogP contribution in [0.5, 0.6) is 0 Å².